The maximum atomic E-state index is 12.1. The first-order valence-electron chi connectivity index (χ1n) is 7.98. The van der Waals surface area contributed by atoms with Gasteiger partial charge in [0, 0.05) is 18.4 Å². The predicted molar refractivity (Wildman–Crippen MR) is 93.8 cm³/mol. The summed E-state index contributed by atoms with van der Waals surface area (Å²) in [4.78, 5) is 16.2. The highest BCUT2D eigenvalue weighted by atomic mass is 16.5. The lowest BCUT2D eigenvalue weighted by Crippen LogP contribution is -2.28. The monoisotopic (exact) mass is 329 g/mol. The first kappa shape index (κ1) is 17.6. The van der Waals surface area contributed by atoms with Crippen LogP contribution in [0, 0.1) is 0 Å². The van der Waals surface area contributed by atoms with Gasteiger partial charge in [0.2, 0.25) is 0 Å². The standard InChI is InChI=1S/C18H23N3O3/c1-3-9-19-14-8-10-20-17(13-14)18(22)21-11-12-24-16-6-4-15(23-2)5-7-16/h4-8,10,13H,3,9,11-12H2,1-2H3,(H,19,20)(H,21,22). The van der Waals surface area contributed by atoms with E-state index in [0.29, 0.717) is 18.8 Å². The van der Waals surface area contributed by atoms with Crippen LogP contribution in [0.2, 0.25) is 0 Å². The number of rotatable bonds is 9. The number of nitrogens with one attached hydrogen (secondary N) is 2. The third-order valence-electron chi connectivity index (χ3n) is 3.29. The zero-order valence-corrected chi connectivity index (χ0v) is 14.0. The topological polar surface area (TPSA) is 72.5 Å². The molecule has 0 aliphatic heterocycles. The molecule has 0 aliphatic rings. The summed E-state index contributed by atoms with van der Waals surface area (Å²) >= 11 is 0. The number of pyridine rings is 1. The van der Waals surface area contributed by atoms with Crippen LogP contribution in [0.3, 0.4) is 0 Å². The van der Waals surface area contributed by atoms with E-state index in [-0.39, 0.29) is 5.91 Å². The Bertz CT molecular complexity index is 644. The van der Waals surface area contributed by atoms with Gasteiger partial charge in [0.15, 0.2) is 0 Å². The van der Waals surface area contributed by atoms with E-state index in [4.69, 9.17) is 9.47 Å². The third-order valence-corrected chi connectivity index (χ3v) is 3.29. The molecule has 1 aromatic carbocycles. The molecule has 1 aromatic heterocycles. The Labute approximate surface area is 142 Å². The number of aromatic nitrogens is 1. The van der Waals surface area contributed by atoms with Crippen LogP contribution in [0.5, 0.6) is 11.5 Å². The molecule has 6 heteroatoms. The van der Waals surface area contributed by atoms with Crippen LogP contribution in [0.1, 0.15) is 23.8 Å². The van der Waals surface area contributed by atoms with Crippen LogP contribution < -0.4 is 20.1 Å². The molecule has 24 heavy (non-hydrogen) atoms. The summed E-state index contributed by atoms with van der Waals surface area (Å²) < 4.78 is 10.7. The Kier molecular flexibility index (Phi) is 6.89. The number of anilines is 1. The minimum atomic E-state index is -0.214. The van der Waals surface area contributed by atoms with Crippen LogP contribution in [0.4, 0.5) is 5.69 Å². The Balaban J connectivity index is 1.76. The molecule has 0 saturated carbocycles. The van der Waals surface area contributed by atoms with Crippen molar-refractivity contribution in [3.8, 4) is 11.5 Å². The van der Waals surface area contributed by atoms with Gasteiger partial charge in [-0.2, -0.15) is 0 Å². The number of carbonyl (C=O) groups is 1. The molecular formula is C18H23N3O3. The van der Waals surface area contributed by atoms with Gasteiger partial charge in [0.05, 0.1) is 13.7 Å². The summed E-state index contributed by atoms with van der Waals surface area (Å²) in [6.45, 7) is 3.73. The molecule has 0 bridgehead atoms. The van der Waals surface area contributed by atoms with Gasteiger partial charge in [-0.05, 0) is 42.8 Å². The van der Waals surface area contributed by atoms with Gasteiger partial charge in [-0.15, -0.1) is 0 Å². The normalized spacial score (nSPS) is 10.1. The highest BCUT2D eigenvalue weighted by Crippen LogP contribution is 2.16. The van der Waals surface area contributed by atoms with Gasteiger partial charge in [-0.3, -0.25) is 9.78 Å². The first-order chi connectivity index (χ1) is 11.7. The van der Waals surface area contributed by atoms with Crippen LogP contribution in [-0.2, 0) is 0 Å². The molecule has 0 radical (unpaired) electrons. The second-order valence-corrected chi connectivity index (χ2v) is 5.14. The molecule has 2 N–H and O–H groups in total. The largest absolute Gasteiger partial charge is 0.497 e. The van der Waals surface area contributed by atoms with E-state index in [0.717, 1.165) is 30.2 Å². The van der Waals surface area contributed by atoms with E-state index >= 15 is 0 Å². The van der Waals surface area contributed by atoms with Crippen molar-refractivity contribution in [2.24, 2.45) is 0 Å². The van der Waals surface area contributed by atoms with Gasteiger partial charge >= 0.3 is 0 Å². The maximum Gasteiger partial charge on any atom is 0.270 e. The second-order valence-electron chi connectivity index (χ2n) is 5.14. The summed E-state index contributed by atoms with van der Waals surface area (Å²) in [5.74, 6) is 1.29. The minimum absolute atomic E-state index is 0.214. The molecule has 1 heterocycles. The predicted octanol–water partition coefficient (Wildman–Crippen LogP) is 2.72. The number of carbonyl (C=O) groups excluding carboxylic acids is 1. The molecule has 6 nitrogen and oxygen atoms in total. The molecular weight excluding hydrogens is 306 g/mol. The van der Waals surface area contributed by atoms with Gasteiger partial charge in [0.1, 0.15) is 23.8 Å². The number of nitrogens with zero attached hydrogens (tertiary/aromatic N) is 1. The molecule has 0 fully saturated rings. The number of amides is 1. The quantitative estimate of drug-likeness (QED) is 0.692. The van der Waals surface area contributed by atoms with Gasteiger partial charge in [-0.1, -0.05) is 6.92 Å². The number of hydrogen-bond donors (Lipinski definition) is 2. The smallest absolute Gasteiger partial charge is 0.270 e. The number of methoxy groups -OCH3 is 1. The molecule has 2 rings (SSSR count). The zero-order chi connectivity index (χ0) is 17.2. The highest BCUT2D eigenvalue weighted by Gasteiger charge is 2.07. The van der Waals surface area contributed by atoms with Crippen molar-refractivity contribution in [2.45, 2.75) is 13.3 Å². The van der Waals surface area contributed by atoms with Crippen LogP contribution in [0.25, 0.3) is 0 Å². The zero-order valence-electron chi connectivity index (χ0n) is 14.0. The van der Waals surface area contributed by atoms with Gasteiger partial charge in [0.25, 0.3) is 5.91 Å². The molecule has 1 amide bonds. The summed E-state index contributed by atoms with van der Waals surface area (Å²) in [5, 5.41) is 6.03. The molecule has 128 valence electrons. The van der Waals surface area contributed by atoms with Crippen molar-refractivity contribution in [3.63, 3.8) is 0 Å². The molecule has 0 unspecified atom stereocenters. The SMILES string of the molecule is CCCNc1ccnc(C(=O)NCCOc2ccc(OC)cc2)c1. The fourth-order valence-corrected chi connectivity index (χ4v) is 2.03. The van der Waals surface area contributed by atoms with E-state index in [9.17, 15) is 4.79 Å². The molecule has 2 aromatic rings. The Morgan fingerprint density at radius 3 is 2.58 bits per heavy atom. The lowest BCUT2D eigenvalue weighted by Gasteiger charge is -2.09. The summed E-state index contributed by atoms with van der Waals surface area (Å²) in [6.07, 6.45) is 2.65. The van der Waals surface area contributed by atoms with Crippen molar-refractivity contribution < 1.29 is 14.3 Å². The van der Waals surface area contributed by atoms with Crippen molar-refractivity contribution in [2.75, 3.05) is 32.1 Å². The van der Waals surface area contributed by atoms with Crippen molar-refractivity contribution >= 4 is 11.6 Å². The fraction of sp³-hybridized carbons (Fsp3) is 0.333. The Hall–Kier alpha value is -2.76. The average molecular weight is 329 g/mol. The van der Waals surface area contributed by atoms with E-state index < -0.39 is 0 Å². The van der Waals surface area contributed by atoms with Crippen LogP contribution >= 0.6 is 0 Å². The lowest BCUT2D eigenvalue weighted by atomic mass is 10.3. The second kappa shape index (κ2) is 9.39. The van der Waals surface area contributed by atoms with E-state index in [1.165, 1.54) is 0 Å². The molecule has 0 atom stereocenters. The fourth-order valence-electron chi connectivity index (χ4n) is 2.03. The van der Waals surface area contributed by atoms with Gasteiger partial charge in [-0.25, -0.2) is 0 Å². The van der Waals surface area contributed by atoms with E-state index in [1.54, 1.807) is 19.4 Å². The first-order valence-corrected chi connectivity index (χ1v) is 7.98. The summed E-state index contributed by atoms with van der Waals surface area (Å²) in [5.41, 5.74) is 1.28. The third kappa shape index (κ3) is 5.46. The lowest BCUT2D eigenvalue weighted by molar-refractivity contribution is 0.0942. The number of hydrogen-bond acceptors (Lipinski definition) is 5. The Morgan fingerprint density at radius 2 is 1.88 bits per heavy atom. The van der Waals surface area contributed by atoms with Crippen molar-refractivity contribution in [1.29, 1.82) is 0 Å². The molecule has 0 spiro atoms. The maximum absolute atomic E-state index is 12.1. The van der Waals surface area contributed by atoms with Gasteiger partial charge < -0.3 is 20.1 Å². The van der Waals surface area contributed by atoms with Crippen LogP contribution in [-0.4, -0.2) is 37.7 Å². The Morgan fingerprint density at radius 1 is 1.12 bits per heavy atom. The molecule has 0 aliphatic carbocycles. The van der Waals surface area contributed by atoms with Crippen molar-refractivity contribution in [3.05, 3.63) is 48.3 Å². The highest BCUT2D eigenvalue weighted by molar-refractivity contribution is 5.93. The van der Waals surface area contributed by atoms with E-state index in [1.807, 2.05) is 30.3 Å². The molecule has 0 saturated heterocycles. The summed E-state index contributed by atoms with van der Waals surface area (Å²) in [7, 11) is 1.62. The summed E-state index contributed by atoms with van der Waals surface area (Å²) in [6, 6.07) is 10.9. The average Bonchev–Trinajstić information content (AvgIpc) is 2.64. The number of benzene rings is 1. The van der Waals surface area contributed by atoms with Crippen molar-refractivity contribution in [1.82, 2.24) is 10.3 Å². The van der Waals surface area contributed by atoms with E-state index in [2.05, 4.69) is 22.5 Å². The minimum Gasteiger partial charge on any atom is -0.497 e. The van der Waals surface area contributed by atoms with Crippen LogP contribution in [0.15, 0.2) is 42.6 Å². The number of ether oxygens (including phenoxy) is 2.